The van der Waals surface area contributed by atoms with Gasteiger partial charge in [0.2, 0.25) is 11.8 Å². The van der Waals surface area contributed by atoms with E-state index in [1.165, 1.54) is 9.91 Å². The summed E-state index contributed by atoms with van der Waals surface area (Å²) in [6.45, 7) is 2.20. The lowest BCUT2D eigenvalue weighted by Crippen LogP contribution is -2.50. The fourth-order valence-corrected chi connectivity index (χ4v) is 3.10. The first-order valence-electron chi connectivity index (χ1n) is 8.31. The van der Waals surface area contributed by atoms with Crippen molar-refractivity contribution in [2.45, 2.75) is 32.2 Å². The molecule has 0 bridgehead atoms. The largest absolute Gasteiger partial charge is 0.326 e. The van der Waals surface area contributed by atoms with Gasteiger partial charge in [-0.15, -0.1) is 0 Å². The number of rotatable bonds is 6. The predicted molar refractivity (Wildman–Crippen MR) is 96.2 cm³/mol. The highest BCUT2D eigenvalue weighted by molar-refractivity contribution is 7.80. The molecule has 1 atom stereocenters. The lowest BCUT2D eigenvalue weighted by molar-refractivity contribution is -0.133. The van der Waals surface area contributed by atoms with Crippen LogP contribution in [-0.4, -0.2) is 45.3 Å². The molecule has 1 aliphatic heterocycles. The number of anilines is 1. The third kappa shape index (κ3) is 3.79. The van der Waals surface area contributed by atoms with Gasteiger partial charge in [-0.1, -0.05) is 18.2 Å². The van der Waals surface area contributed by atoms with Crippen LogP contribution in [0.5, 0.6) is 0 Å². The first kappa shape index (κ1) is 17.3. The number of nitrogens with one attached hydrogen (secondary N) is 2. The van der Waals surface area contributed by atoms with Crippen molar-refractivity contribution in [3.8, 4) is 0 Å². The number of hydrogen-bond donors (Lipinski definition) is 2. The average molecular weight is 360 g/mol. The normalized spacial score (nSPS) is 20.0. The Morgan fingerprint density at radius 1 is 1.24 bits per heavy atom. The molecule has 7 nitrogen and oxygen atoms in total. The zero-order valence-corrected chi connectivity index (χ0v) is 14.7. The fourth-order valence-electron chi connectivity index (χ4n) is 2.71. The van der Waals surface area contributed by atoms with E-state index in [0.29, 0.717) is 12.2 Å². The maximum absolute atomic E-state index is 12.6. The Kier molecular flexibility index (Phi) is 4.98. The van der Waals surface area contributed by atoms with Gasteiger partial charge in [0, 0.05) is 18.2 Å². The lowest BCUT2D eigenvalue weighted by atomic mass is 10.2. The van der Waals surface area contributed by atoms with Crippen molar-refractivity contribution in [3.63, 3.8) is 0 Å². The molecule has 1 aromatic rings. The van der Waals surface area contributed by atoms with Crippen molar-refractivity contribution in [2.75, 3.05) is 11.9 Å². The first-order chi connectivity index (χ1) is 12.0. The van der Waals surface area contributed by atoms with Gasteiger partial charge in [0.05, 0.1) is 6.42 Å². The number of carbonyl (C=O) groups is 3. The maximum atomic E-state index is 12.6. The van der Waals surface area contributed by atoms with Crippen molar-refractivity contribution < 1.29 is 14.4 Å². The topological polar surface area (TPSA) is 81.8 Å². The molecule has 0 radical (unpaired) electrons. The second kappa shape index (κ2) is 7.18. The van der Waals surface area contributed by atoms with E-state index in [4.69, 9.17) is 12.2 Å². The quantitative estimate of drug-likeness (QED) is 0.747. The smallest absolute Gasteiger partial charge is 0.254 e. The molecule has 3 rings (SSSR count). The summed E-state index contributed by atoms with van der Waals surface area (Å²) < 4.78 is 0. The number of thiocarbonyl (C=S) groups is 1. The number of amides is 3. The van der Waals surface area contributed by atoms with E-state index in [1.807, 2.05) is 18.2 Å². The van der Waals surface area contributed by atoms with Gasteiger partial charge in [-0.25, -0.2) is 5.01 Å². The average Bonchev–Trinajstić information content (AvgIpc) is 3.41. The van der Waals surface area contributed by atoms with Gasteiger partial charge in [-0.05, 0) is 44.1 Å². The Morgan fingerprint density at radius 2 is 1.92 bits per heavy atom. The molecule has 1 heterocycles. The summed E-state index contributed by atoms with van der Waals surface area (Å²) in [6, 6.07) is 8.19. The molecule has 1 aliphatic carbocycles. The summed E-state index contributed by atoms with van der Waals surface area (Å²) in [5, 5.41) is 4.36. The molecule has 0 aromatic heterocycles. The molecule has 2 aliphatic rings. The van der Waals surface area contributed by atoms with Gasteiger partial charge in [0.25, 0.3) is 5.91 Å². The van der Waals surface area contributed by atoms with E-state index in [-0.39, 0.29) is 35.2 Å². The molecule has 25 heavy (non-hydrogen) atoms. The zero-order chi connectivity index (χ0) is 18.0. The van der Waals surface area contributed by atoms with Gasteiger partial charge in [-0.2, -0.15) is 0 Å². The SMILES string of the molecule is CCN1C(=O)C(CC(=O)Nc2ccccc2)N(NC(=O)C2CC2)C1=S. The monoisotopic (exact) mass is 360 g/mol. The van der Waals surface area contributed by atoms with Crippen LogP contribution in [0.3, 0.4) is 0 Å². The first-order valence-corrected chi connectivity index (χ1v) is 8.72. The van der Waals surface area contributed by atoms with E-state index in [1.54, 1.807) is 19.1 Å². The van der Waals surface area contributed by atoms with Crippen molar-refractivity contribution in [3.05, 3.63) is 30.3 Å². The van der Waals surface area contributed by atoms with Gasteiger partial charge in [-0.3, -0.25) is 24.7 Å². The second-order valence-corrected chi connectivity index (χ2v) is 6.48. The highest BCUT2D eigenvalue weighted by Gasteiger charge is 2.45. The minimum Gasteiger partial charge on any atom is -0.326 e. The van der Waals surface area contributed by atoms with Crippen molar-refractivity contribution >= 4 is 40.7 Å². The molecule has 1 saturated heterocycles. The van der Waals surface area contributed by atoms with Crippen molar-refractivity contribution in [2.24, 2.45) is 5.92 Å². The highest BCUT2D eigenvalue weighted by Crippen LogP contribution is 2.29. The van der Waals surface area contributed by atoms with E-state index >= 15 is 0 Å². The van der Waals surface area contributed by atoms with Crippen LogP contribution < -0.4 is 10.7 Å². The molecule has 8 heteroatoms. The summed E-state index contributed by atoms with van der Waals surface area (Å²) in [5.41, 5.74) is 3.37. The van der Waals surface area contributed by atoms with Crippen LogP contribution in [0.1, 0.15) is 26.2 Å². The third-order valence-electron chi connectivity index (χ3n) is 4.23. The standard InChI is InChI=1S/C17H20N4O3S/c1-2-20-16(24)13(10-14(22)18-12-6-4-3-5-7-12)21(17(20)25)19-15(23)11-8-9-11/h3-7,11,13H,2,8-10H2,1H3,(H,18,22)(H,19,23). The van der Waals surface area contributed by atoms with E-state index in [9.17, 15) is 14.4 Å². The Balaban J connectivity index is 1.70. The molecule has 1 aromatic carbocycles. The van der Waals surface area contributed by atoms with Gasteiger partial charge in [0.15, 0.2) is 5.11 Å². The maximum Gasteiger partial charge on any atom is 0.254 e. The number of para-hydroxylation sites is 1. The predicted octanol–water partition coefficient (Wildman–Crippen LogP) is 1.27. The molecule has 0 spiro atoms. The number of likely N-dealkylation sites (N-methyl/N-ethyl adjacent to an activating group) is 1. The van der Waals surface area contributed by atoms with Crippen molar-refractivity contribution in [1.29, 1.82) is 0 Å². The van der Waals surface area contributed by atoms with Crippen LogP contribution in [0.4, 0.5) is 5.69 Å². The van der Waals surface area contributed by atoms with Crippen LogP contribution in [-0.2, 0) is 14.4 Å². The number of hydrogen-bond acceptors (Lipinski definition) is 4. The summed E-state index contributed by atoms with van der Waals surface area (Å²) >= 11 is 5.31. The van der Waals surface area contributed by atoms with Crippen LogP contribution in [0.25, 0.3) is 0 Å². The Morgan fingerprint density at radius 3 is 2.52 bits per heavy atom. The van der Waals surface area contributed by atoms with Gasteiger partial charge < -0.3 is 5.32 Å². The van der Waals surface area contributed by atoms with Crippen LogP contribution in [0.15, 0.2) is 30.3 Å². The number of carbonyl (C=O) groups excluding carboxylic acids is 3. The minimum absolute atomic E-state index is 0.0210. The minimum atomic E-state index is -0.820. The molecule has 3 amide bonds. The lowest BCUT2D eigenvalue weighted by Gasteiger charge is -2.24. The Hall–Kier alpha value is -2.48. The van der Waals surface area contributed by atoms with E-state index in [2.05, 4.69) is 10.7 Å². The summed E-state index contributed by atoms with van der Waals surface area (Å²) in [6.07, 6.45) is 1.60. The third-order valence-corrected chi connectivity index (χ3v) is 4.65. The molecule has 2 fully saturated rings. The van der Waals surface area contributed by atoms with Crippen LogP contribution in [0.2, 0.25) is 0 Å². The van der Waals surface area contributed by atoms with E-state index < -0.39 is 6.04 Å². The number of nitrogens with zero attached hydrogens (tertiary/aromatic N) is 2. The zero-order valence-electron chi connectivity index (χ0n) is 13.9. The summed E-state index contributed by atoms with van der Waals surface area (Å²) in [4.78, 5) is 38.4. The van der Waals surface area contributed by atoms with E-state index in [0.717, 1.165) is 12.8 Å². The van der Waals surface area contributed by atoms with Crippen molar-refractivity contribution in [1.82, 2.24) is 15.3 Å². The van der Waals surface area contributed by atoms with Gasteiger partial charge in [0.1, 0.15) is 6.04 Å². The number of hydrazine groups is 1. The molecule has 132 valence electrons. The molecule has 1 unspecified atom stereocenters. The Bertz CT molecular complexity index is 705. The Labute approximate surface area is 151 Å². The summed E-state index contributed by atoms with van der Waals surface area (Å²) in [5.74, 6) is -0.753. The van der Waals surface area contributed by atoms with Crippen LogP contribution in [0, 0.1) is 5.92 Å². The summed E-state index contributed by atoms with van der Waals surface area (Å²) in [7, 11) is 0. The number of benzene rings is 1. The molecule has 2 N–H and O–H groups in total. The molecular formula is C17H20N4O3S. The molecule has 1 saturated carbocycles. The van der Waals surface area contributed by atoms with Crippen LogP contribution >= 0.6 is 12.2 Å². The molecular weight excluding hydrogens is 340 g/mol. The van der Waals surface area contributed by atoms with Gasteiger partial charge >= 0.3 is 0 Å². The second-order valence-electron chi connectivity index (χ2n) is 6.12. The fraction of sp³-hybridized carbons (Fsp3) is 0.412. The highest BCUT2D eigenvalue weighted by atomic mass is 32.1.